The van der Waals surface area contributed by atoms with Crippen LogP contribution in [0.15, 0.2) is 60.7 Å². The van der Waals surface area contributed by atoms with E-state index in [0.717, 1.165) is 34.2 Å². The van der Waals surface area contributed by atoms with Crippen LogP contribution in [0.25, 0.3) is 10.2 Å². The molecule has 2 amide bonds. The van der Waals surface area contributed by atoms with Crippen molar-refractivity contribution in [3.8, 4) is 11.5 Å². The smallest absolute Gasteiger partial charge is 0.229 e. The molecule has 3 aromatic carbocycles. The van der Waals surface area contributed by atoms with Crippen LogP contribution in [-0.4, -0.2) is 16.8 Å². The number of rotatable bonds is 7. The Morgan fingerprint density at radius 2 is 1.85 bits per heavy atom. The minimum Gasteiger partial charge on any atom is -0.457 e. The number of anilines is 2. The maximum absolute atomic E-state index is 14.3. The fraction of sp³-hybridized carbons (Fsp3) is 0.192. The molecule has 1 aliphatic carbocycles. The lowest BCUT2D eigenvalue weighted by molar-refractivity contribution is -0.117. The Balaban J connectivity index is 1.28. The molecule has 0 saturated heterocycles. The van der Waals surface area contributed by atoms with Gasteiger partial charge in [0.2, 0.25) is 11.8 Å². The number of aromatic nitrogens is 1. The second-order valence-electron chi connectivity index (χ2n) is 8.37. The summed E-state index contributed by atoms with van der Waals surface area (Å²) in [6.45, 7) is 1.95. The third-order valence-electron chi connectivity index (χ3n) is 5.43. The number of carbonyl (C=O) groups is 2. The third-order valence-corrected chi connectivity index (χ3v) is 6.37. The Morgan fingerprint density at radius 3 is 2.65 bits per heavy atom. The third kappa shape index (κ3) is 5.23. The van der Waals surface area contributed by atoms with Crippen LogP contribution in [0.2, 0.25) is 0 Å². The van der Waals surface area contributed by atoms with Crippen LogP contribution in [-0.2, 0) is 16.0 Å². The Labute approximate surface area is 199 Å². The van der Waals surface area contributed by atoms with Gasteiger partial charge in [-0.15, -0.1) is 0 Å². The van der Waals surface area contributed by atoms with Crippen molar-refractivity contribution in [1.29, 1.82) is 0 Å². The van der Waals surface area contributed by atoms with Gasteiger partial charge in [-0.05, 0) is 49.6 Å². The molecule has 0 unspecified atom stereocenters. The van der Waals surface area contributed by atoms with Gasteiger partial charge in [0, 0.05) is 18.1 Å². The summed E-state index contributed by atoms with van der Waals surface area (Å²) in [5, 5.41) is 6.05. The molecule has 0 aliphatic heterocycles. The van der Waals surface area contributed by atoms with E-state index in [9.17, 15) is 14.0 Å². The van der Waals surface area contributed by atoms with Gasteiger partial charge in [-0.3, -0.25) is 9.59 Å². The first-order chi connectivity index (χ1) is 16.4. The second-order valence-corrected chi connectivity index (χ2v) is 9.40. The van der Waals surface area contributed by atoms with Crippen LogP contribution in [0.4, 0.5) is 15.2 Å². The lowest BCUT2D eigenvalue weighted by atomic mass is 10.1. The van der Waals surface area contributed by atoms with E-state index < -0.39 is 5.82 Å². The highest BCUT2D eigenvalue weighted by Crippen LogP contribution is 2.34. The number of nitrogens with zero attached hydrogens (tertiary/aromatic N) is 1. The zero-order chi connectivity index (χ0) is 23.7. The highest BCUT2D eigenvalue weighted by Gasteiger charge is 2.30. The number of fused-ring (bicyclic) bond motifs is 1. The van der Waals surface area contributed by atoms with Crippen molar-refractivity contribution in [3.05, 3.63) is 77.6 Å². The Hall–Kier alpha value is -3.78. The fourth-order valence-electron chi connectivity index (χ4n) is 3.58. The Kier molecular flexibility index (Phi) is 5.98. The summed E-state index contributed by atoms with van der Waals surface area (Å²) in [6, 6.07) is 17.2. The van der Waals surface area contributed by atoms with Crippen LogP contribution in [0.3, 0.4) is 0 Å². The topological polar surface area (TPSA) is 80.3 Å². The average Bonchev–Trinajstić information content (AvgIpc) is 3.57. The highest BCUT2D eigenvalue weighted by molar-refractivity contribution is 7.22. The van der Waals surface area contributed by atoms with Gasteiger partial charge in [-0.2, -0.15) is 0 Å². The molecule has 1 aromatic heterocycles. The molecule has 0 radical (unpaired) electrons. The van der Waals surface area contributed by atoms with Crippen LogP contribution in [0.5, 0.6) is 11.5 Å². The molecule has 4 aromatic rings. The molecule has 1 fully saturated rings. The molecule has 0 bridgehead atoms. The van der Waals surface area contributed by atoms with Crippen LogP contribution < -0.4 is 15.4 Å². The van der Waals surface area contributed by atoms with Gasteiger partial charge in [0.25, 0.3) is 0 Å². The summed E-state index contributed by atoms with van der Waals surface area (Å²) >= 11 is 1.37. The van der Waals surface area contributed by atoms with Crippen LogP contribution in [0.1, 0.15) is 24.0 Å². The molecule has 8 heteroatoms. The number of hydrogen-bond donors (Lipinski definition) is 2. The van der Waals surface area contributed by atoms with Crippen LogP contribution >= 0.6 is 11.3 Å². The van der Waals surface area contributed by atoms with Crippen molar-refractivity contribution in [3.63, 3.8) is 0 Å². The van der Waals surface area contributed by atoms with Crippen molar-refractivity contribution in [2.45, 2.75) is 26.2 Å². The number of ether oxygens (including phenoxy) is 1. The Morgan fingerprint density at radius 1 is 1.06 bits per heavy atom. The zero-order valence-corrected chi connectivity index (χ0v) is 19.2. The van der Waals surface area contributed by atoms with Crippen molar-refractivity contribution >= 4 is 44.2 Å². The standard InChI is InChI=1S/C26H22FN3O3S/c1-15-3-2-4-16(11-15)12-24(31)28-22-13-18(7-9-20(22)27)33-19-8-10-21-23(14-19)34-26(29-21)30-25(32)17-5-6-17/h2-4,7-11,13-14,17H,5-6,12H2,1H3,(H,28,31)(H,29,30,32). The molecule has 0 spiro atoms. The molecule has 6 nitrogen and oxygen atoms in total. The number of thiazole rings is 1. The normalized spacial score (nSPS) is 13.0. The summed E-state index contributed by atoms with van der Waals surface area (Å²) < 4.78 is 21.1. The first kappa shape index (κ1) is 22.0. The number of carbonyl (C=O) groups excluding carboxylic acids is 2. The molecule has 5 rings (SSSR count). The minimum absolute atomic E-state index is 0.0128. The monoisotopic (exact) mass is 475 g/mol. The minimum atomic E-state index is -0.543. The molecular formula is C26H22FN3O3S. The van der Waals surface area contributed by atoms with E-state index in [1.807, 2.05) is 43.3 Å². The predicted octanol–water partition coefficient (Wildman–Crippen LogP) is 6.07. The summed E-state index contributed by atoms with van der Waals surface area (Å²) in [6.07, 6.45) is 2.01. The Bertz CT molecular complexity index is 1400. The number of benzene rings is 3. The van der Waals surface area contributed by atoms with Gasteiger partial charge < -0.3 is 15.4 Å². The molecular weight excluding hydrogens is 453 g/mol. The molecule has 34 heavy (non-hydrogen) atoms. The van der Waals surface area contributed by atoms with Gasteiger partial charge in [-0.25, -0.2) is 9.37 Å². The molecule has 2 N–H and O–H groups in total. The maximum atomic E-state index is 14.3. The zero-order valence-electron chi connectivity index (χ0n) is 18.4. The number of halogens is 1. The van der Waals surface area contributed by atoms with E-state index in [1.54, 1.807) is 6.07 Å². The van der Waals surface area contributed by atoms with E-state index in [1.165, 1.54) is 29.5 Å². The molecule has 1 saturated carbocycles. The van der Waals surface area contributed by atoms with E-state index in [4.69, 9.17) is 4.74 Å². The molecule has 172 valence electrons. The van der Waals surface area contributed by atoms with Crippen LogP contribution in [0, 0.1) is 18.7 Å². The van der Waals surface area contributed by atoms with Gasteiger partial charge in [-0.1, -0.05) is 41.2 Å². The molecule has 1 aliphatic rings. The summed E-state index contributed by atoms with van der Waals surface area (Å²) in [7, 11) is 0. The van der Waals surface area contributed by atoms with Crippen molar-refractivity contribution < 1.29 is 18.7 Å². The van der Waals surface area contributed by atoms with Crippen molar-refractivity contribution in [2.75, 3.05) is 10.6 Å². The van der Waals surface area contributed by atoms with E-state index >= 15 is 0 Å². The first-order valence-corrected chi connectivity index (χ1v) is 11.8. The maximum Gasteiger partial charge on any atom is 0.229 e. The largest absolute Gasteiger partial charge is 0.457 e. The molecule has 0 atom stereocenters. The quantitative estimate of drug-likeness (QED) is 0.340. The number of amides is 2. The lowest BCUT2D eigenvalue weighted by Crippen LogP contribution is -2.15. The SMILES string of the molecule is Cc1cccc(CC(=O)Nc2cc(Oc3ccc4nc(NC(=O)C5CC5)sc4c3)ccc2F)c1. The van der Waals surface area contributed by atoms with Gasteiger partial charge in [0.15, 0.2) is 5.13 Å². The van der Waals surface area contributed by atoms with E-state index in [-0.39, 0.29) is 29.8 Å². The van der Waals surface area contributed by atoms with Gasteiger partial charge in [0.1, 0.15) is 17.3 Å². The second kappa shape index (κ2) is 9.23. The van der Waals surface area contributed by atoms with Crippen molar-refractivity contribution in [1.82, 2.24) is 4.98 Å². The molecule has 1 heterocycles. The first-order valence-electron chi connectivity index (χ1n) is 11.0. The van der Waals surface area contributed by atoms with Crippen molar-refractivity contribution in [2.24, 2.45) is 5.92 Å². The summed E-state index contributed by atoms with van der Waals surface area (Å²) in [5.74, 6) is 0.195. The number of nitrogens with one attached hydrogen (secondary N) is 2. The fourth-order valence-corrected chi connectivity index (χ4v) is 4.47. The average molecular weight is 476 g/mol. The summed E-state index contributed by atoms with van der Waals surface area (Å²) in [5.41, 5.74) is 2.73. The van der Waals surface area contributed by atoms with Gasteiger partial charge in [0.05, 0.1) is 22.3 Å². The number of hydrogen-bond acceptors (Lipinski definition) is 5. The predicted molar refractivity (Wildman–Crippen MR) is 131 cm³/mol. The van der Waals surface area contributed by atoms with Gasteiger partial charge >= 0.3 is 0 Å². The highest BCUT2D eigenvalue weighted by atomic mass is 32.1. The van der Waals surface area contributed by atoms with E-state index in [0.29, 0.717) is 16.6 Å². The lowest BCUT2D eigenvalue weighted by Gasteiger charge is -2.10. The summed E-state index contributed by atoms with van der Waals surface area (Å²) in [4.78, 5) is 28.9. The van der Waals surface area contributed by atoms with E-state index in [2.05, 4.69) is 15.6 Å². The number of aryl methyl sites for hydroxylation is 1.